The fourth-order valence-corrected chi connectivity index (χ4v) is 2.82. The van der Waals surface area contributed by atoms with Gasteiger partial charge in [-0.05, 0) is 0 Å². The molecule has 0 amide bonds. The summed E-state index contributed by atoms with van der Waals surface area (Å²) in [6, 6.07) is 0. The molecule has 0 aromatic rings. The molecular weight excluding hydrogens is 293 g/mol. The second-order valence-corrected chi connectivity index (χ2v) is 5.82. The fraction of sp³-hybridized carbons (Fsp3) is 0. The van der Waals surface area contributed by atoms with E-state index in [0.717, 1.165) is 0 Å². The third-order valence-electron chi connectivity index (χ3n) is 0.419. The molecular formula is H7CaO10P3. The van der Waals surface area contributed by atoms with Gasteiger partial charge in [-0.1, -0.05) is 0 Å². The molecule has 0 aliphatic heterocycles. The standard InChI is InChI=1S/Ca.H5O10P3.2H/c;1-11(2,3)9-13(7,8)10-12(4,5)6;;/h;(H,7,8)(H2,1,2,3)(H2,4,5,6);;/q+2;;2*-1. The average Bonchev–Trinajstić information content (AvgIpc) is 1.43. The molecule has 0 heterocycles. The van der Waals surface area contributed by atoms with Gasteiger partial charge in [0.25, 0.3) is 0 Å². The van der Waals surface area contributed by atoms with Crippen molar-refractivity contribution in [3.8, 4) is 0 Å². The van der Waals surface area contributed by atoms with Crippen molar-refractivity contribution in [1.82, 2.24) is 0 Å². The normalized spacial score (nSPS) is 13.5. The van der Waals surface area contributed by atoms with E-state index in [4.69, 9.17) is 24.5 Å². The molecule has 0 saturated carbocycles. The summed E-state index contributed by atoms with van der Waals surface area (Å²) in [5.74, 6) is 0. The van der Waals surface area contributed by atoms with Gasteiger partial charge in [0.1, 0.15) is 0 Å². The minimum absolute atomic E-state index is 0. The summed E-state index contributed by atoms with van der Waals surface area (Å²) in [5, 5.41) is 0. The van der Waals surface area contributed by atoms with Gasteiger partial charge in [0.05, 0.1) is 0 Å². The molecule has 0 radical (unpaired) electrons. The summed E-state index contributed by atoms with van der Waals surface area (Å²) in [6.45, 7) is 0. The molecule has 5 N–H and O–H groups in total. The zero-order chi connectivity index (χ0) is 10.9. The first-order chi connectivity index (χ1) is 5.41. The predicted octanol–water partition coefficient (Wildman–Crippen LogP) is -0.850. The van der Waals surface area contributed by atoms with Crippen LogP contribution in [-0.2, 0) is 22.3 Å². The van der Waals surface area contributed by atoms with Crippen LogP contribution < -0.4 is 0 Å². The molecule has 0 atom stereocenters. The topological polar surface area (TPSA) is 171 Å². The Bertz CT molecular complexity index is 286. The quantitative estimate of drug-likeness (QED) is 0.325. The SMILES string of the molecule is O=P(O)(O)OP(=O)(O)OP(=O)(O)O.[Ca+2].[H-].[H-]. The van der Waals surface area contributed by atoms with Crippen molar-refractivity contribution in [1.29, 1.82) is 0 Å². The first-order valence-corrected chi connectivity index (χ1v) is 6.83. The fourth-order valence-electron chi connectivity index (χ4n) is 0.284. The third kappa shape index (κ3) is 11.7. The van der Waals surface area contributed by atoms with Crippen LogP contribution in [0.25, 0.3) is 0 Å². The van der Waals surface area contributed by atoms with Gasteiger partial charge < -0.3 is 27.3 Å². The number of hydrogen-bond acceptors (Lipinski definition) is 5. The number of hydrogen-bond donors (Lipinski definition) is 5. The maximum Gasteiger partial charge on any atom is 2.00 e. The maximum absolute atomic E-state index is 10.4. The summed E-state index contributed by atoms with van der Waals surface area (Å²) in [7, 11) is -16.2. The van der Waals surface area contributed by atoms with E-state index in [1.54, 1.807) is 0 Å². The van der Waals surface area contributed by atoms with E-state index in [1.165, 1.54) is 0 Å². The van der Waals surface area contributed by atoms with Crippen molar-refractivity contribution in [2.75, 3.05) is 0 Å². The molecule has 0 saturated heterocycles. The molecule has 0 fully saturated rings. The Balaban J connectivity index is -0.000000240. The van der Waals surface area contributed by atoms with E-state index < -0.39 is 23.5 Å². The zero-order valence-electron chi connectivity index (χ0n) is 8.33. The van der Waals surface area contributed by atoms with Crippen molar-refractivity contribution in [2.24, 2.45) is 0 Å². The second-order valence-electron chi connectivity index (χ2n) is 1.61. The summed E-state index contributed by atoms with van der Waals surface area (Å²) in [5.41, 5.74) is 0. The van der Waals surface area contributed by atoms with Crippen LogP contribution in [0.1, 0.15) is 2.85 Å². The van der Waals surface area contributed by atoms with Gasteiger partial charge in [0.15, 0.2) is 0 Å². The van der Waals surface area contributed by atoms with Gasteiger partial charge in [0.2, 0.25) is 0 Å². The van der Waals surface area contributed by atoms with E-state index in [2.05, 4.69) is 8.62 Å². The largest absolute Gasteiger partial charge is 2.00 e. The molecule has 0 aliphatic carbocycles. The molecule has 84 valence electrons. The molecule has 14 heavy (non-hydrogen) atoms. The van der Waals surface area contributed by atoms with Gasteiger partial charge in [-0.2, -0.15) is 8.62 Å². The summed E-state index contributed by atoms with van der Waals surface area (Å²) >= 11 is 0. The zero-order valence-corrected chi connectivity index (χ0v) is 11.2. The summed E-state index contributed by atoms with van der Waals surface area (Å²) in [6.07, 6.45) is 0. The van der Waals surface area contributed by atoms with Crippen LogP contribution in [-0.4, -0.2) is 62.2 Å². The Morgan fingerprint density at radius 2 is 1.00 bits per heavy atom. The van der Waals surface area contributed by atoms with Crippen LogP contribution in [0.4, 0.5) is 0 Å². The van der Waals surface area contributed by atoms with Gasteiger partial charge >= 0.3 is 61.2 Å². The first kappa shape index (κ1) is 18.0. The smallest absolute Gasteiger partial charge is 1.00 e. The molecule has 0 aromatic heterocycles. The van der Waals surface area contributed by atoms with E-state index in [-0.39, 0.29) is 40.6 Å². The molecule has 0 unspecified atom stereocenters. The van der Waals surface area contributed by atoms with E-state index >= 15 is 0 Å². The van der Waals surface area contributed by atoms with Gasteiger partial charge in [0, 0.05) is 0 Å². The average molecular weight is 300 g/mol. The number of phosphoric acid groups is 3. The third-order valence-corrected chi connectivity index (χ3v) is 3.77. The minimum atomic E-state index is -5.46. The van der Waals surface area contributed by atoms with Crippen LogP contribution >= 0.6 is 23.5 Å². The Hall–Kier alpha value is 1.67. The summed E-state index contributed by atoms with van der Waals surface area (Å²) < 4.78 is 36.4. The van der Waals surface area contributed by atoms with Crippen molar-refractivity contribution < 1.29 is 49.6 Å². The minimum Gasteiger partial charge on any atom is -1.00 e. The Morgan fingerprint density at radius 3 is 1.14 bits per heavy atom. The Labute approximate surface area is 110 Å². The molecule has 0 rings (SSSR count). The van der Waals surface area contributed by atoms with Crippen LogP contribution in [0.5, 0.6) is 0 Å². The van der Waals surface area contributed by atoms with Crippen molar-refractivity contribution in [3.63, 3.8) is 0 Å². The molecule has 14 heteroatoms. The molecule has 10 nitrogen and oxygen atoms in total. The van der Waals surface area contributed by atoms with E-state index in [9.17, 15) is 13.7 Å². The molecule has 0 bridgehead atoms. The van der Waals surface area contributed by atoms with Crippen LogP contribution in [0.2, 0.25) is 0 Å². The second kappa shape index (κ2) is 5.84. The van der Waals surface area contributed by atoms with Gasteiger partial charge in [-0.25, -0.2) is 13.7 Å². The maximum atomic E-state index is 10.4. The van der Waals surface area contributed by atoms with Crippen molar-refractivity contribution in [2.45, 2.75) is 0 Å². The number of rotatable bonds is 4. The van der Waals surface area contributed by atoms with E-state index in [1.807, 2.05) is 0 Å². The molecule has 0 spiro atoms. The monoisotopic (exact) mass is 300 g/mol. The Morgan fingerprint density at radius 1 is 0.786 bits per heavy atom. The first-order valence-electron chi connectivity index (χ1n) is 2.28. The molecule has 0 aromatic carbocycles. The van der Waals surface area contributed by atoms with Gasteiger partial charge in [-0.3, -0.25) is 0 Å². The predicted molar refractivity (Wildman–Crippen MR) is 44.1 cm³/mol. The van der Waals surface area contributed by atoms with Crippen LogP contribution in [0, 0.1) is 0 Å². The summed E-state index contributed by atoms with van der Waals surface area (Å²) in [4.78, 5) is 40.2. The Kier molecular flexibility index (Phi) is 7.52. The van der Waals surface area contributed by atoms with Gasteiger partial charge in [-0.15, -0.1) is 0 Å². The van der Waals surface area contributed by atoms with Crippen molar-refractivity contribution >= 4 is 61.2 Å². The van der Waals surface area contributed by atoms with Crippen LogP contribution in [0.15, 0.2) is 0 Å². The molecule has 0 aliphatic rings. The van der Waals surface area contributed by atoms with Crippen LogP contribution in [0.3, 0.4) is 0 Å². The van der Waals surface area contributed by atoms with E-state index in [0.29, 0.717) is 0 Å². The van der Waals surface area contributed by atoms with Crippen molar-refractivity contribution in [3.05, 3.63) is 0 Å².